The van der Waals surface area contributed by atoms with E-state index in [1.54, 1.807) is 11.8 Å². The molecule has 1 saturated heterocycles. The van der Waals surface area contributed by atoms with Gasteiger partial charge in [-0.15, -0.1) is 10.2 Å². The van der Waals surface area contributed by atoms with Crippen LogP contribution in [0, 0.1) is 0 Å². The van der Waals surface area contributed by atoms with Crippen molar-refractivity contribution in [1.29, 1.82) is 0 Å². The number of nitrogens with zero attached hydrogens (tertiary/aromatic N) is 4. The van der Waals surface area contributed by atoms with Gasteiger partial charge in [-0.3, -0.25) is 4.57 Å². The lowest BCUT2D eigenvalue weighted by molar-refractivity contribution is 0.121. The average Bonchev–Trinajstić information content (AvgIpc) is 2.97. The van der Waals surface area contributed by atoms with Gasteiger partial charge in [0.1, 0.15) is 0 Å². The number of hydrogen-bond donors (Lipinski definition) is 0. The van der Waals surface area contributed by atoms with Gasteiger partial charge in [0.2, 0.25) is 5.95 Å². The van der Waals surface area contributed by atoms with Crippen molar-refractivity contribution in [3.8, 4) is 0 Å². The van der Waals surface area contributed by atoms with Crippen molar-refractivity contribution in [2.24, 2.45) is 0 Å². The molecule has 2 heterocycles. The van der Waals surface area contributed by atoms with E-state index < -0.39 is 0 Å². The third-order valence-corrected chi connectivity index (χ3v) is 4.84. The number of halogens is 1. The van der Waals surface area contributed by atoms with Crippen molar-refractivity contribution >= 4 is 29.3 Å². The van der Waals surface area contributed by atoms with Gasteiger partial charge < -0.3 is 9.64 Å². The van der Waals surface area contributed by atoms with Crippen LogP contribution >= 0.6 is 23.4 Å². The minimum absolute atomic E-state index is 0.752. The van der Waals surface area contributed by atoms with Crippen LogP contribution in [0.3, 0.4) is 0 Å². The molecule has 1 aromatic carbocycles. The molecule has 1 aromatic heterocycles. The molecule has 0 N–H and O–H groups in total. The Balaban J connectivity index is 1.72. The summed E-state index contributed by atoms with van der Waals surface area (Å²) < 4.78 is 7.57. The molecule has 0 radical (unpaired) electrons. The molecule has 0 atom stereocenters. The molecule has 5 nitrogen and oxygen atoms in total. The van der Waals surface area contributed by atoms with Gasteiger partial charge in [0.25, 0.3) is 0 Å². The highest BCUT2D eigenvalue weighted by molar-refractivity contribution is 7.98. The third kappa shape index (κ3) is 3.56. The quantitative estimate of drug-likeness (QED) is 0.784. The zero-order valence-corrected chi connectivity index (χ0v) is 14.1. The first-order valence-corrected chi connectivity index (χ1v) is 8.77. The summed E-state index contributed by atoms with van der Waals surface area (Å²) in [7, 11) is 0. The fourth-order valence-electron chi connectivity index (χ4n) is 2.44. The van der Waals surface area contributed by atoms with E-state index in [0.717, 1.165) is 54.7 Å². The topological polar surface area (TPSA) is 43.2 Å². The maximum absolute atomic E-state index is 6.03. The van der Waals surface area contributed by atoms with Crippen molar-refractivity contribution in [1.82, 2.24) is 14.8 Å². The Labute approximate surface area is 139 Å². The predicted octanol–water partition coefficient (Wildman–Crippen LogP) is 3.08. The largest absolute Gasteiger partial charge is 0.378 e. The number of anilines is 1. The van der Waals surface area contributed by atoms with E-state index in [2.05, 4.69) is 32.7 Å². The summed E-state index contributed by atoms with van der Waals surface area (Å²) in [5.41, 5.74) is 1.19. The lowest BCUT2D eigenvalue weighted by Gasteiger charge is -2.27. The van der Waals surface area contributed by atoms with E-state index in [1.807, 2.05) is 18.2 Å². The van der Waals surface area contributed by atoms with Gasteiger partial charge in [0.15, 0.2) is 5.16 Å². The van der Waals surface area contributed by atoms with Crippen molar-refractivity contribution in [2.75, 3.05) is 31.2 Å². The summed E-state index contributed by atoms with van der Waals surface area (Å²) in [4.78, 5) is 2.24. The zero-order valence-electron chi connectivity index (χ0n) is 12.5. The molecule has 7 heteroatoms. The Kier molecular flexibility index (Phi) is 5.23. The van der Waals surface area contributed by atoms with Gasteiger partial charge >= 0.3 is 0 Å². The Morgan fingerprint density at radius 2 is 2.09 bits per heavy atom. The standard InChI is InChI=1S/C15H19ClN4OS/c1-2-20-14(19-6-8-21-9-7-19)17-18-15(20)22-11-12-4-3-5-13(16)10-12/h3-5,10H,2,6-9,11H2,1H3. The van der Waals surface area contributed by atoms with Crippen LogP contribution in [0.2, 0.25) is 5.02 Å². The molecule has 2 aromatic rings. The Bertz CT molecular complexity index is 628. The second-order valence-electron chi connectivity index (χ2n) is 5.04. The number of aromatic nitrogens is 3. The van der Waals surface area contributed by atoms with E-state index in [0.29, 0.717) is 0 Å². The van der Waals surface area contributed by atoms with Gasteiger partial charge in [-0.1, -0.05) is 35.5 Å². The average molecular weight is 339 g/mol. The summed E-state index contributed by atoms with van der Waals surface area (Å²) in [5.74, 6) is 1.78. The predicted molar refractivity (Wildman–Crippen MR) is 89.7 cm³/mol. The molecule has 118 valence electrons. The third-order valence-electron chi connectivity index (χ3n) is 3.56. The normalized spacial score (nSPS) is 15.3. The Morgan fingerprint density at radius 1 is 1.27 bits per heavy atom. The summed E-state index contributed by atoms with van der Waals surface area (Å²) in [5, 5.41) is 10.5. The van der Waals surface area contributed by atoms with E-state index in [1.165, 1.54) is 5.56 Å². The lowest BCUT2D eigenvalue weighted by atomic mass is 10.2. The maximum Gasteiger partial charge on any atom is 0.228 e. The van der Waals surface area contributed by atoms with Gasteiger partial charge in [-0.25, -0.2) is 0 Å². The highest BCUT2D eigenvalue weighted by Crippen LogP contribution is 2.26. The second-order valence-corrected chi connectivity index (χ2v) is 6.42. The summed E-state index contributed by atoms with van der Waals surface area (Å²) >= 11 is 7.72. The molecule has 1 fully saturated rings. The molecular formula is C15H19ClN4OS. The molecule has 22 heavy (non-hydrogen) atoms. The first-order valence-electron chi connectivity index (χ1n) is 7.41. The lowest BCUT2D eigenvalue weighted by Crippen LogP contribution is -2.38. The first-order chi connectivity index (χ1) is 10.8. The summed E-state index contributed by atoms with van der Waals surface area (Å²) in [6.07, 6.45) is 0. The SMILES string of the molecule is CCn1c(SCc2cccc(Cl)c2)nnc1N1CCOCC1. The Morgan fingerprint density at radius 3 is 2.82 bits per heavy atom. The van der Waals surface area contributed by atoms with Crippen molar-refractivity contribution in [3.05, 3.63) is 34.9 Å². The fraction of sp³-hybridized carbons (Fsp3) is 0.467. The van der Waals surface area contributed by atoms with Crippen molar-refractivity contribution < 1.29 is 4.74 Å². The van der Waals surface area contributed by atoms with Gasteiger partial charge in [0, 0.05) is 30.4 Å². The Hall–Kier alpha value is -1.24. The highest BCUT2D eigenvalue weighted by atomic mass is 35.5. The maximum atomic E-state index is 6.03. The number of rotatable bonds is 5. The molecule has 0 unspecified atom stereocenters. The smallest absolute Gasteiger partial charge is 0.228 e. The van der Waals surface area contributed by atoms with Crippen molar-refractivity contribution in [2.45, 2.75) is 24.4 Å². The molecular weight excluding hydrogens is 320 g/mol. The van der Waals surface area contributed by atoms with Crippen LogP contribution in [0.4, 0.5) is 5.95 Å². The van der Waals surface area contributed by atoms with E-state index in [-0.39, 0.29) is 0 Å². The highest BCUT2D eigenvalue weighted by Gasteiger charge is 2.19. The second kappa shape index (κ2) is 7.35. The van der Waals surface area contributed by atoms with Crippen molar-refractivity contribution in [3.63, 3.8) is 0 Å². The molecule has 1 aliphatic rings. The van der Waals surface area contributed by atoms with Crippen LogP contribution in [-0.4, -0.2) is 41.1 Å². The number of hydrogen-bond acceptors (Lipinski definition) is 5. The number of benzene rings is 1. The molecule has 0 spiro atoms. The molecule has 1 aliphatic heterocycles. The first kappa shape index (κ1) is 15.6. The molecule has 0 saturated carbocycles. The van der Waals surface area contributed by atoms with Crippen LogP contribution in [-0.2, 0) is 17.0 Å². The van der Waals surface area contributed by atoms with E-state index in [9.17, 15) is 0 Å². The number of ether oxygens (including phenoxy) is 1. The number of morpholine rings is 1. The summed E-state index contributed by atoms with van der Waals surface area (Å²) in [6, 6.07) is 7.93. The van der Waals surface area contributed by atoms with Gasteiger partial charge in [-0.2, -0.15) is 0 Å². The number of thioether (sulfide) groups is 1. The van der Waals surface area contributed by atoms with Gasteiger partial charge in [-0.05, 0) is 24.6 Å². The van der Waals surface area contributed by atoms with Crippen LogP contribution in [0.25, 0.3) is 0 Å². The van der Waals surface area contributed by atoms with Crippen LogP contribution < -0.4 is 4.90 Å². The van der Waals surface area contributed by atoms with Crippen LogP contribution in [0.5, 0.6) is 0 Å². The molecule has 0 aliphatic carbocycles. The van der Waals surface area contributed by atoms with E-state index in [4.69, 9.17) is 16.3 Å². The minimum atomic E-state index is 0.752. The van der Waals surface area contributed by atoms with Gasteiger partial charge in [0.05, 0.1) is 13.2 Å². The van der Waals surface area contributed by atoms with Crippen LogP contribution in [0.15, 0.2) is 29.4 Å². The zero-order chi connectivity index (χ0) is 15.4. The molecule has 0 bridgehead atoms. The minimum Gasteiger partial charge on any atom is -0.378 e. The fourth-order valence-corrected chi connectivity index (χ4v) is 3.59. The summed E-state index contributed by atoms with van der Waals surface area (Å²) in [6.45, 7) is 6.23. The van der Waals surface area contributed by atoms with Crippen LogP contribution in [0.1, 0.15) is 12.5 Å². The molecule has 3 rings (SSSR count). The molecule has 0 amide bonds. The van der Waals surface area contributed by atoms with E-state index >= 15 is 0 Å². The monoisotopic (exact) mass is 338 g/mol.